The molecule has 0 spiro atoms. The highest BCUT2D eigenvalue weighted by molar-refractivity contribution is 5.71. The molecular weight excluding hydrogens is 404 g/mol. The lowest BCUT2D eigenvalue weighted by molar-refractivity contribution is -0.0437. The molecular formula is C26H34N2O4. The number of likely N-dealkylation sites (tertiary alicyclic amines) is 1. The second-order valence-electron chi connectivity index (χ2n) is 11.1. The third-order valence-corrected chi connectivity index (χ3v) is 7.49. The Morgan fingerprint density at radius 2 is 1.78 bits per heavy atom. The number of nitrogens with one attached hydrogen (secondary N) is 1. The number of nitrogens with zero attached hydrogens (tertiary/aromatic N) is 1. The number of allylic oxidation sites excluding steroid dienone is 2. The van der Waals surface area contributed by atoms with E-state index in [2.05, 4.69) is 11.4 Å². The van der Waals surface area contributed by atoms with E-state index in [4.69, 9.17) is 9.47 Å². The number of hydrogen-bond donors (Lipinski definition) is 1. The number of carbonyl (C=O) groups excluding carboxylic acids is 2. The van der Waals surface area contributed by atoms with E-state index >= 15 is 0 Å². The van der Waals surface area contributed by atoms with E-state index in [-0.39, 0.29) is 12.2 Å². The maximum atomic E-state index is 13.2. The average molecular weight is 439 g/mol. The third-order valence-electron chi connectivity index (χ3n) is 7.49. The van der Waals surface area contributed by atoms with Crippen LogP contribution in [0.4, 0.5) is 9.59 Å². The summed E-state index contributed by atoms with van der Waals surface area (Å²) in [5.41, 5.74) is 1.27. The Kier molecular flexibility index (Phi) is 5.22. The number of benzene rings is 1. The van der Waals surface area contributed by atoms with E-state index in [9.17, 15) is 9.59 Å². The van der Waals surface area contributed by atoms with Gasteiger partial charge in [0.1, 0.15) is 11.7 Å². The van der Waals surface area contributed by atoms with E-state index in [1.165, 1.54) is 0 Å². The SMILES string of the molecule is CC(C)(C)OC(=O)N[C@]1(c2ccccc2)CCN(C(=O)OC2C3CC4=CC(C3)CC2C4)C1. The lowest BCUT2D eigenvalue weighted by Crippen LogP contribution is -2.51. The minimum Gasteiger partial charge on any atom is -0.445 e. The summed E-state index contributed by atoms with van der Waals surface area (Å²) < 4.78 is 11.7. The number of ether oxygens (including phenoxy) is 2. The lowest BCUT2D eigenvalue weighted by Gasteiger charge is -2.49. The summed E-state index contributed by atoms with van der Waals surface area (Å²) in [7, 11) is 0. The van der Waals surface area contributed by atoms with E-state index in [1.54, 1.807) is 10.5 Å². The molecule has 1 aromatic carbocycles. The van der Waals surface area contributed by atoms with Crippen molar-refractivity contribution < 1.29 is 19.1 Å². The number of rotatable bonds is 3. The van der Waals surface area contributed by atoms with Crippen LogP contribution >= 0.6 is 0 Å². The fourth-order valence-electron chi connectivity index (χ4n) is 6.30. The first-order chi connectivity index (χ1) is 15.2. The Bertz CT molecular complexity index is 904. The van der Waals surface area contributed by atoms with Gasteiger partial charge in [-0.2, -0.15) is 0 Å². The van der Waals surface area contributed by atoms with E-state index in [0.29, 0.717) is 37.3 Å². The molecule has 4 bridgehead atoms. The fourth-order valence-corrected chi connectivity index (χ4v) is 6.30. The molecule has 0 radical (unpaired) electrons. The number of amides is 2. The molecule has 4 aliphatic carbocycles. The van der Waals surface area contributed by atoms with Crippen molar-refractivity contribution in [3.63, 3.8) is 0 Å². The van der Waals surface area contributed by atoms with E-state index in [1.807, 2.05) is 51.1 Å². The van der Waals surface area contributed by atoms with Gasteiger partial charge in [0.15, 0.2) is 0 Å². The molecule has 172 valence electrons. The minimum atomic E-state index is -0.683. The van der Waals surface area contributed by atoms with Crippen LogP contribution in [0.3, 0.4) is 0 Å². The third kappa shape index (κ3) is 4.12. The molecule has 2 saturated carbocycles. The molecule has 3 fully saturated rings. The molecule has 1 aliphatic heterocycles. The molecule has 32 heavy (non-hydrogen) atoms. The molecule has 1 heterocycles. The summed E-state index contributed by atoms with van der Waals surface area (Å²) in [5.74, 6) is 1.63. The van der Waals surface area contributed by atoms with Gasteiger partial charge in [0, 0.05) is 18.4 Å². The highest BCUT2D eigenvalue weighted by Gasteiger charge is 2.49. The zero-order chi connectivity index (χ0) is 22.5. The Labute approximate surface area is 190 Å². The quantitative estimate of drug-likeness (QED) is 0.675. The fraction of sp³-hybridized carbons (Fsp3) is 0.615. The van der Waals surface area contributed by atoms with Gasteiger partial charge in [0.2, 0.25) is 0 Å². The van der Waals surface area contributed by atoms with Crippen molar-refractivity contribution >= 4 is 12.2 Å². The second kappa shape index (κ2) is 7.82. The van der Waals surface area contributed by atoms with Gasteiger partial charge < -0.3 is 19.7 Å². The summed E-state index contributed by atoms with van der Waals surface area (Å²) in [4.78, 5) is 27.7. The largest absolute Gasteiger partial charge is 0.445 e. The van der Waals surface area contributed by atoms with Gasteiger partial charge in [-0.05, 0) is 64.4 Å². The first kappa shape index (κ1) is 21.4. The summed E-state index contributed by atoms with van der Waals surface area (Å²) in [6.45, 7) is 6.47. The minimum absolute atomic E-state index is 0.0294. The van der Waals surface area contributed by atoms with Crippen molar-refractivity contribution in [3.05, 3.63) is 47.5 Å². The molecule has 1 saturated heterocycles. The van der Waals surface area contributed by atoms with Crippen LogP contribution in [0, 0.1) is 17.8 Å². The van der Waals surface area contributed by atoms with Crippen LogP contribution < -0.4 is 5.32 Å². The van der Waals surface area contributed by atoms with Crippen molar-refractivity contribution in [2.24, 2.45) is 17.8 Å². The summed E-state index contributed by atoms with van der Waals surface area (Å²) in [5, 5.41) is 3.09. The summed E-state index contributed by atoms with van der Waals surface area (Å²) in [6, 6.07) is 9.86. The van der Waals surface area contributed by atoms with Crippen LogP contribution in [0.25, 0.3) is 0 Å². The molecule has 1 N–H and O–H groups in total. The first-order valence-electron chi connectivity index (χ1n) is 11.9. The van der Waals surface area contributed by atoms with Gasteiger partial charge in [-0.1, -0.05) is 42.0 Å². The Morgan fingerprint density at radius 1 is 1.09 bits per heavy atom. The molecule has 1 aromatic rings. The maximum absolute atomic E-state index is 13.2. The van der Waals surface area contributed by atoms with Crippen LogP contribution in [0.2, 0.25) is 0 Å². The van der Waals surface area contributed by atoms with Gasteiger partial charge in [0.25, 0.3) is 0 Å². The maximum Gasteiger partial charge on any atom is 0.410 e. The second-order valence-corrected chi connectivity index (χ2v) is 11.1. The highest BCUT2D eigenvalue weighted by atomic mass is 16.6. The van der Waals surface area contributed by atoms with Crippen molar-refractivity contribution in [2.45, 2.75) is 70.1 Å². The van der Waals surface area contributed by atoms with Crippen LogP contribution in [-0.2, 0) is 15.0 Å². The van der Waals surface area contributed by atoms with Gasteiger partial charge >= 0.3 is 12.2 Å². The molecule has 0 aromatic heterocycles. The van der Waals surface area contributed by atoms with Crippen molar-refractivity contribution in [2.75, 3.05) is 13.1 Å². The van der Waals surface area contributed by atoms with Crippen LogP contribution in [0.5, 0.6) is 0 Å². The van der Waals surface area contributed by atoms with E-state index in [0.717, 1.165) is 31.2 Å². The predicted octanol–water partition coefficient (Wildman–Crippen LogP) is 4.99. The lowest BCUT2D eigenvalue weighted by atomic mass is 9.60. The Hall–Kier alpha value is -2.50. The highest BCUT2D eigenvalue weighted by Crippen LogP contribution is 2.51. The van der Waals surface area contributed by atoms with Gasteiger partial charge in [-0.3, -0.25) is 0 Å². The topological polar surface area (TPSA) is 67.9 Å². The molecule has 6 heteroatoms. The predicted molar refractivity (Wildman–Crippen MR) is 121 cm³/mol. The van der Waals surface area contributed by atoms with Crippen molar-refractivity contribution in [1.29, 1.82) is 0 Å². The van der Waals surface area contributed by atoms with E-state index < -0.39 is 17.2 Å². The number of carbonyl (C=O) groups is 2. The molecule has 6 rings (SSSR count). The average Bonchev–Trinajstić information content (AvgIpc) is 3.14. The number of alkyl carbamates (subject to hydrolysis) is 1. The molecule has 2 unspecified atom stereocenters. The molecule has 2 amide bonds. The normalized spacial score (nSPS) is 33.1. The van der Waals surface area contributed by atoms with Crippen molar-refractivity contribution in [1.82, 2.24) is 10.2 Å². The Morgan fingerprint density at radius 3 is 2.41 bits per heavy atom. The zero-order valence-corrected chi connectivity index (χ0v) is 19.3. The van der Waals surface area contributed by atoms with Gasteiger partial charge in [-0.15, -0.1) is 0 Å². The van der Waals surface area contributed by atoms with Crippen molar-refractivity contribution in [3.8, 4) is 0 Å². The molecule has 3 atom stereocenters. The van der Waals surface area contributed by atoms with Gasteiger partial charge in [-0.25, -0.2) is 9.59 Å². The standard InChI is InChI=1S/C26H34N2O4/c1-25(2,3)32-23(29)27-26(21-7-5-4-6-8-21)9-10-28(16-26)24(30)31-22-19-12-17-11-18(14-19)15-20(22)13-17/h4-8,11,17,19-20,22H,9-10,12-16H2,1-3H3,(H,27,29)/t17?,19?,20?,22?,26-/m1/s1. The molecule has 5 aliphatic rings. The smallest absolute Gasteiger partial charge is 0.410 e. The Balaban J connectivity index is 1.30. The summed E-state index contributed by atoms with van der Waals surface area (Å²) in [6.07, 6.45) is 6.85. The number of hydrogen-bond acceptors (Lipinski definition) is 4. The van der Waals surface area contributed by atoms with Crippen LogP contribution in [0.1, 0.15) is 58.4 Å². The van der Waals surface area contributed by atoms with Crippen LogP contribution in [-0.4, -0.2) is 41.9 Å². The van der Waals surface area contributed by atoms with Gasteiger partial charge in [0.05, 0.1) is 12.1 Å². The van der Waals surface area contributed by atoms with Crippen LogP contribution in [0.15, 0.2) is 42.0 Å². The molecule has 6 nitrogen and oxygen atoms in total. The monoisotopic (exact) mass is 438 g/mol. The summed E-state index contributed by atoms with van der Waals surface area (Å²) >= 11 is 0. The zero-order valence-electron chi connectivity index (χ0n) is 19.3. The first-order valence-corrected chi connectivity index (χ1v) is 11.9.